The van der Waals surface area contributed by atoms with Gasteiger partial charge < -0.3 is 23.9 Å². The number of methoxy groups -OCH3 is 3. The number of benzene rings is 2. The van der Waals surface area contributed by atoms with E-state index in [1.807, 2.05) is 24.3 Å². The molecule has 1 N–H and O–H groups in total. The first-order valence-corrected chi connectivity index (χ1v) is 7.70. The van der Waals surface area contributed by atoms with Crippen LogP contribution in [0.5, 0.6) is 11.5 Å². The van der Waals surface area contributed by atoms with Crippen molar-refractivity contribution in [2.75, 3.05) is 26.6 Å². The predicted molar refractivity (Wildman–Crippen MR) is 94.4 cm³/mol. The molecule has 2 aromatic carbocycles. The first-order chi connectivity index (χ1) is 12.2. The number of rotatable bonds is 6. The molecule has 0 aliphatic rings. The Labute approximate surface area is 145 Å². The maximum absolute atomic E-state index is 12.8. The highest BCUT2D eigenvalue weighted by molar-refractivity contribution is 6.07. The summed E-state index contributed by atoms with van der Waals surface area (Å²) >= 11 is 0. The average molecular weight is 341 g/mol. The Balaban J connectivity index is 1.96. The molecule has 0 radical (unpaired) electrons. The van der Waals surface area contributed by atoms with Gasteiger partial charge in [0.1, 0.15) is 17.1 Å². The fourth-order valence-electron chi connectivity index (χ4n) is 2.65. The summed E-state index contributed by atoms with van der Waals surface area (Å²) in [5, 5.41) is 3.68. The van der Waals surface area contributed by atoms with Crippen molar-refractivity contribution in [3.8, 4) is 11.5 Å². The number of ether oxygens (including phenoxy) is 3. The van der Waals surface area contributed by atoms with Crippen LogP contribution in [-0.2, 0) is 11.3 Å². The van der Waals surface area contributed by atoms with Crippen molar-refractivity contribution in [1.82, 2.24) is 0 Å². The molecule has 1 amide bonds. The normalized spacial score (nSPS) is 10.7. The fourth-order valence-corrected chi connectivity index (χ4v) is 2.65. The van der Waals surface area contributed by atoms with Crippen molar-refractivity contribution < 1.29 is 23.4 Å². The minimum atomic E-state index is -0.369. The van der Waals surface area contributed by atoms with Crippen molar-refractivity contribution in [2.24, 2.45) is 0 Å². The van der Waals surface area contributed by atoms with Crippen LogP contribution < -0.4 is 14.8 Å². The monoisotopic (exact) mass is 341 g/mol. The number of carbonyl (C=O) groups is 1. The van der Waals surface area contributed by atoms with Crippen LogP contribution >= 0.6 is 0 Å². The smallest absolute Gasteiger partial charge is 0.291 e. The molecule has 0 aliphatic heterocycles. The van der Waals surface area contributed by atoms with Gasteiger partial charge in [-0.3, -0.25) is 4.79 Å². The molecule has 130 valence electrons. The lowest BCUT2D eigenvalue weighted by Crippen LogP contribution is -2.14. The minimum Gasteiger partial charge on any atom is -0.497 e. The lowest BCUT2D eigenvalue weighted by atomic mass is 10.1. The molecule has 0 spiro atoms. The van der Waals surface area contributed by atoms with Gasteiger partial charge in [0, 0.05) is 24.1 Å². The van der Waals surface area contributed by atoms with E-state index >= 15 is 0 Å². The number of furan rings is 1. The Hall–Kier alpha value is -2.99. The molecule has 25 heavy (non-hydrogen) atoms. The summed E-state index contributed by atoms with van der Waals surface area (Å²) in [5.41, 5.74) is 1.88. The molecule has 0 fully saturated rings. The van der Waals surface area contributed by atoms with Gasteiger partial charge in [-0.2, -0.15) is 0 Å². The topological polar surface area (TPSA) is 69.9 Å². The zero-order valence-electron chi connectivity index (χ0n) is 14.3. The summed E-state index contributed by atoms with van der Waals surface area (Å²) in [7, 11) is 4.68. The number of amides is 1. The van der Waals surface area contributed by atoms with E-state index in [0.29, 0.717) is 28.3 Å². The highest BCUT2D eigenvalue weighted by Crippen LogP contribution is 2.31. The van der Waals surface area contributed by atoms with Gasteiger partial charge >= 0.3 is 0 Å². The molecule has 1 aromatic heterocycles. The minimum absolute atomic E-state index is 0.223. The maximum atomic E-state index is 12.8. The highest BCUT2D eigenvalue weighted by Gasteiger charge is 2.21. The largest absolute Gasteiger partial charge is 0.497 e. The number of fused-ring (bicyclic) bond motifs is 1. The van der Waals surface area contributed by atoms with E-state index in [1.165, 1.54) is 7.11 Å². The van der Waals surface area contributed by atoms with Gasteiger partial charge in [0.25, 0.3) is 5.91 Å². The lowest BCUT2D eigenvalue weighted by molar-refractivity contribution is 0.0991. The summed E-state index contributed by atoms with van der Waals surface area (Å²) in [5.74, 6) is 0.989. The molecular weight excluding hydrogens is 322 g/mol. The Morgan fingerprint density at radius 1 is 1.08 bits per heavy atom. The standard InChI is InChI=1S/C19H19NO5/c1-22-11-14-13-6-4-5-7-16(13)25-18(14)19(21)20-15-9-8-12(23-2)10-17(15)24-3/h4-10H,11H2,1-3H3,(H,20,21). The van der Waals surface area contributed by atoms with Gasteiger partial charge in [-0.1, -0.05) is 18.2 Å². The summed E-state index contributed by atoms with van der Waals surface area (Å²) in [4.78, 5) is 12.8. The summed E-state index contributed by atoms with van der Waals surface area (Å²) in [6, 6.07) is 12.6. The van der Waals surface area contributed by atoms with Crippen LogP contribution in [0.4, 0.5) is 5.69 Å². The zero-order chi connectivity index (χ0) is 17.8. The number of hydrogen-bond donors (Lipinski definition) is 1. The second-order valence-corrected chi connectivity index (χ2v) is 5.36. The van der Waals surface area contributed by atoms with E-state index < -0.39 is 0 Å². The Bertz CT molecular complexity index is 900. The third-order valence-corrected chi connectivity index (χ3v) is 3.85. The highest BCUT2D eigenvalue weighted by atomic mass is 16.5. The van der Waals surface area contributed by atoms with Crippen molar-refractivity contribution in [2.45, 2.75) is 6.61 Å². The van der Waals surface area contributed by atoms with Gasteiger partial charge in [0.15, 0.2) is 5.76 Å². The van der Waals surface area contributed by atoms with Crippen molar-refractivity contribution in [1.29, 1.82) is 0 Å². The van der Waals surface area contributed by atoms with E-state index in [-0.39, 0.29) is 18.3 Å². The Morgan fingerprint density at radius 2 is 1.88 bits per heavy atom. The van der Waals surface area contributed by atoms with Crippen molar-refractivity contribution >= 4 is 22.6 Å². The van der Waals surface area contributed by atoms with E-state index in [2.05, 4.69) is 5.32 Å². The van der Waals surface area contributed by atoms with E-state index in [4.69, 9.17) is 18.6 Å². The molecule has 3 aromatic rings. The molecule has 1 heterocycles. The van der Waals surface area contributed by atoms with Crippen LogP contribution in [0.15, 0.2) is 46.9 Å². The molecule has 3 rings (SSSR count). The number of nitrogens with one attached hydrogen (secondary N) is 1. The SMILES string of the molecule is COCc1c(C(=O)Nc2ccc(OC)cc2OC)oc2ccccc12. The number of anilines is 1. The van der Waals surface area contributed by atoms with Gasteiger partial charge in [-0.15, -0.1) is 0 Å². The van der Waals surface area contributed by atoms with E-state index in [0.717, 1.165) is 5.39 Å². The summed E-state index contributed by atoms with van der Waals surface area (Å²) < 4.78 is 21.5. The van der Waals surface area contributed by atoms with Crippen molar-refractivity contribution in [3.05, 3.63) is 53.8 Å². The second-order valence-electron chi connectivity index (χ2n) is 5.36. The fraction of sp³-hybridized carbons (Fsp3) is 0.211. The van der Waals surface area contributed by atoms with Gasteiger partial charge in [0.05, 0.1) is 26.5 Å². The molecule has 0 unspecified atom stereocenters. The van der Waals surface area contributed by atoms with E-state index in [1.54, 1.807) is 32.4 Å². The average Bonchev–Trinajstić information content (AvgIpc) is 3.01. The lowest BCUT2D eigenvalue weighted by Gasteiger charge is -2.11. The Kier molecular flexibility index (Phi) is 4.90. The van der Waals surface area contributed by atoms with Crippen LogP contribution in [-0.4, -0.2) is 27.2 Å². The zero-order valence-corrected chi connectivity index (χ0v) is 14.3. The molecule has 6 nitrogen and oxygen atoms in total. The number of hydrogen-bond acceptors (Lipinski definition) is 5. The molecule has 0 saturated heterocycles. The van der Waals surface area contributed by atoms with Crippen LogP contribution in [0.2, 0.25) is 0 Å². The molecule has 6 heteroatoms. The molecule has 0 saturated carbocycles. The molecular formula is C19H19NO5. The molecule has 0 bridgehead atoms. The number of carbonyl (C=O) groups excluding carboxylic acids is 1. The van der Waals surface area contributed by atoms with Gasteiger partial charge in [-0.05, 0) is 18.2 Å². The van der Waals surface area contributed by atoms with Crippen LogP contribution in [0, 0.1) is 0 Å². The maximum Gasteiger partial charge on any atom is 0.291 e. The predicted octanol–water partition coefficient (Wildman–Crippen LogP) is 3.85. The van der Waals surface area contributed by atoms with Crippen molar-refractivity contribution in [3.63, 3.8) is 0 Å². The summed E-state index contributed by atoms with van der Waals surface area (Å²) in [6.07, 6.45) is 0. The number of para-hydroxylation sites is 1. The first kappa shape index (κ1) is 16.9. The molecule has 0 aliphatic carbocycles. The first-order valence-electron chi connectivity index (χ1n) is 7.70. The van der Waals surface area contributed by atoms with Gasteiger partial charge in [-0.25, -0.2) is 0 Å². The Morgan fingerprint density at radius 3 is 2.60 bits per heavy atom. The van der Waals surface area contributed by atoms with E-state index in [9.17, 15) is 4.79 Å². The third kappa shape index (κ3) is 3.29. The van der Waals surface area contributed by atoms with Crippen LogP contribution in [0.25, 0.3) is 11.0 Å². The van der Waals surface area contributed by atoms with Crippen LogP contribution in [0.3, 0.4) is 0 Å². The molecule has 0 atom stereocenters. The second kappa shape index (κ2) is 7.27. The van der Waals surface area contributed by atoms with Gasteiger partial charge in [0.2, 0.25) is 0 Å². The summed E-state index contributed by atoms with van der Waals surface area (Å²) in [6.45, 7) is 0.277. The quantitative estimate of drug-likeness (QED) is 0.737. The third-order valence-electron chi connectivity index (χ3n) is 3.85. The van der Waals surface area contributed by atoms with Crippen LogP contribution in [0.1, 0.15) is 16.1 Å².